The van der Waals surface area contributed by atoms with Crippen molar-refractivity contribution in [2.24, 2.45) is 0 Å². The molecule has 1 heterocycles. The lowest BCUT2D eigenvalue weighted by Gasteiger charge is -2.21. The van der Waals surface area contributed by atoms with Crippen LogP contribution in [0.1, 0.15) is 12.5 Å². The minimum absolute atomic E-state index is 0. The number of hydrogen-bond donors (Lipinski definition) is 0. The smallest absolute Gasteiger partial charge is 0.239 e. The molecule has 0 bridgehead atoms. The minimum Gasteiger partial charge on any atom is -0.308 e. The van der Waals surface area contributed by atoms with E-state index in [1.807, 2.05) is 43.3 Å². The molecule has 156 valence electrons. The molecule has 0 aliphatic rings. The second kappa shape index (κ2) is 11.2. The average molecular weight is 470 g/mol. The number of anilines is 1. The van der Waals surface area contributed by atoms with Crippen LogP contribution >= 0.6 is 47.1 Å². The Morgan fingerprint density at radius 3 is 2.52 bits per heavy atom. The number of aryl methyl sites for hydroxylation is 1. The Balaban J connectivity index is 0.00000300. The van der Waals surface area contributed by atoms with Crippen molar-refractivity contribution < 1.29 is 4.79 Å². The van der Waals surface area contributed by atoms with Crippen molar-refractivity contribution in [2.75, 3.05) is 37.8 Å². The molecule has 2 aromatic carbocycles. The summed E-state index contributed by atoms with van der Waals surface area (Å²) in [5, 5.41) is 1.48. The van der Waals surface area contributed by atoms with E-state index in [2.05, 4.69) is 30.0 Å². The first-order chi connectivity index (χ1) is 13.5. The summed E-state index contributed by atoms with van der Waals surface area (Å²) >= 11 is 9.05. The van der Waals surface area contributed by atoms with Gasteiger partial charge in [-0.2, -0.15) is 0 Å². The van der Waals surface area contributed by atoms with Gasteiger partial charge in [-0.25, -0.2) is 4.98 Å². The molecule has 0 fully saturated rings. The standard InChI is InChI=1S/C21H24ClN3OS2.ClH/c1-4-15-6-5-7-18-20(15)23-21(28-18)25(13-12-24(2)3)19(26)14-27-17-10-8-16(22)9-11-17;/h5-11H,4,12-14H2,1-3H3;1H. The summed E-state index contributed by atoms with van der Waals surface area (Å²) in [6, 6.07) is 13.8. The first-order valence-corrected chi connectivity index (χ1v) is 11.4. The average Bonchev–Trinajstić information content (AvgIpc) is 3.11. The molecule has 0 atom stereocenters. The van der Waals surface area contributed by atoms with Crippen LogP contribution in [0.3, 0.4) is 0 Å². The maximum Gasteiger partial charge on any atom is 0.239 e. The summed E-state index contributed by atoms with van der Waals surface area (Å²) in [4.78, 5) is 22.8. The molecule has 0 N–H and O–H groups in total. The molecule has 29 heavy (non-hydrogen) atoms. The normalized spacial score (nSPS) is 10.9. The number of carbonyl (C=O) groups excluding carboxylic acids is 1. The second-order valence-electron chi connectivity index (χ2n) is 6.71. The number of nitrogens with zero attached hydrogens (tertiary/aromatic N) is 3. The number of hydrogen-bond acceptors (Lipinski definition) is 5. The molecular formula is C21H25Cl2N3OS2. The number of thiazole rings is 1. The van der Waals surface area contributed by atoms with Crippen LogP contribution in [0.5, 0.6) is 0 Å². The molecule has 3 aromatic rings. The van der Waals surface area contributed by atoms with Crippen molar-refractivity contribution in [3.8, 4) is 0 Å². The van der Waals surface area contributed by atoms with Crippen molar-refractivity contribution in [3.63, 3.8) is 0 Å². The van der Waals surface area contributed by atoms with Crippen LogP contribution in [-0.2, 0) is 11.2 Å². The zero-order valence-electron chi connectivity index (χ0n) is 16.7. The Hall–Kier alpha value is -1.31. The lowest BCUT2D eigenvalue weighted by Crippen LogP contribution is -2.37. The Morgan fingerprint density at radius 1 is 1.14 bits per heavy atom. The number of thioether (sulfide) groups is 1. The van der Waals surface area contributed by atoms with Crippen LogP contribution in [0, 0.1) is 0 Å². The van der Waals surface area contributed by atoms with Gasteiger partial charge in [-0.05, 0) is 56.4 Å². The van der Waals surface area contributed by atoms with Gasteiger partial charge in [0, 0.05) is 23.0 Å². The number of carbonyl (C=O) groups is 1. The molecule has 1 aromatic heterocycles. The number of rotatable bonds is 8. The zero-order valence-corrected chi connectivity index (χ0v) is 19.9. The molecule has 0 saturated carbocycles. The van der Waals surface area contributed by atoms with Gasteiger partial charge in [0.15, 0.2) is 5.13 Å². The highest BCUT2D eigenvalue weighted by atomic mass is 35.5. The van der Waals surface area contributed by atoms with Gasteiger partial charge in [0.05, 0.1) is 16.0 Å². The van der Waals surface area contributed by atoms with Crippen LogP contribution in [-0.4, -0.2) is 48.7 Å². The second-order valence-corrected chi connectivity index (χ2v) is 9.20. The maximum absolute atomic E-state index is 13.1. The van der Waals surface area contributed by atoms with E-state index in [4.69, 9.17) is 16.6 Å². The predicted molar refractivity (Wildman–Crippen MR) is 129 cm³/mol. The number of likely N-dealkylation sites (N-methyl/N-ethyl adjacent to an activating group) is 1. The van der Waals surface area contributed by atoms with Gasteiger partial charge in [-0.15, -0.1) is 24.2 Å². The predicted octanol–water partition coefficient (Wildman–Crippen LogP) is 5.62. The van der Waals surface area contributed by atoms with Gasteiger partial charge < -0.3 is 4.90 Å². The third-order valence-electron chi connectivity index (χ3n) is 4.35. The lowest BCUT2D eigenvalue weighted by atomic mass is 10.1. The van der Waals surface area contributed by atoms with Crippen molar-refractivity contribution in [1.29, 1.82) is 0 Å². The van der Waals surface area contributed by atoms with Gasteiger partial charge in [-0.1, -0.05) is 42.0 Å². The number of benzene rings is 2. The number of aromatic nitrogens is 1. The zero-order chi connectivity index (χ0) is 20.1. The molecule has 0 radical (unpaired) electrons. The molecule has 0 aliphatic carbocycles. The van der Waals surface area contributed by atoms with E-state index in [-0.39, 0.29) is 18.3 Å². The fraction of sp³-hybridized carbons (Fsp3) is 0.333. The van der Waals surface area contributed by atoms with Crippen molar-refractivity contribution >= 4 is 68.4 Å². The fourth-order valence-corrected chi connectivity index (χ4v) is 4.73. The van der Waals surface area contributed by atoms with E-state index < -0.39 is 0 Å². The number of amides is 1. The van der Waals surface area contributed by atoms with E-state index >= 15 is 0 Å². The molecule has 0 spiro atoms. The van der Waals surface area contributed by atoms with E-state index in [1.54, 1.807) is 11.3 Å². The van der Waals surface area contributed by atoms with Crippen molar-refractivity contribution in [2.45, 2.75) is 18.2 Å². The minimum atomic E-state index is 0. The van der Waals surface area contributed by atoms with Gasteiger partial charge in [0.1, 0.15) is 0 Å². The van der Waals surface area contributed by atoms with Crippen LogP contribution in [0.4, 0.5) is 5.13 Å². The van der Waals surface area contributed by atoms with E-state index in [1.165, 1.54) is 17.3 Å². The Kier molecular flexibility index (Phi) is 9.24. The first-order valence-electron chi connectivity index (χ1n) is 9.20. The highest BCUT2D eigenvalue weighted by Crippen LogP contribution is 2.32. The molecule has 1 amide bonds. The Bertz CT molecular complexity index is 945. The van der Waals surface area contributed by atoms with Gasteiger partial charge >= 0.3 is 0 Å². The van der Waals surface area contributed by atoms with Gasteiger partial charge in [0.2, 0.25) is 5.91 Å². The van der Waals surface area contributed by atoms with Gasteiger partial charge in [0.25, 0.3) is 0 Å². The molecule has 0 saturated heterocycles. The molecular weight excluding hydrogens is 445 g/mol. The van der Waals surface area contributed by atoms with E-state index in [0.29, 0.717) is 17.3 Å². The Morgan fingerprint density at radius 2 is 1.86 bits per heavy atom. The highest BCUT2D eigenvalue weighted by molar-refractivity contribution is 8.00. The summed E-state index contributed by atoms with van der Waals surface area (Å²) in [7, 11) is 4.03. The molecule has 4 nitrogen and oxygen atoms in total. The molecule has 8 heteroatoms. The Labute approximate surface area is 191 Å². The van der Waals surface area contributed by atoms with E-state index in [0.717, 1.165) is 33.2 Å². The lowest BCUT2D eigenvalue weighted by molar-refractivity contribution is -0.116. The maximum atomic E-state index is 13.1. The van der Waals surface area contributed by atoms with Crippen molar-refractivity contribution in [1.82, 2.24) is 9.88 Å². The SMILES string of the molecule is CCc1cccc2sc(N(CCN(C)C)C(=O)CSc3ccc(Cl)cc3)nc12.Cl. The van der Waals surface area contributed by atoms with Crippen molar-refractivity contribution in [3.05, 3.63) is 53.1 Å². The van der Waals surface area contributed by atoms with Gasteiger partial charge in [-0.3, -0.25) is 9.69 Å². The topological polar surface area (TPSA) is 36.4 Å². The van der Waals surface area contributed by atoms with Crippen LogP contribution in [0.15, 0.2) is 47.4 Å². The summed E-state index contributed by atoms with van der Waals surface area (Å²) in [6.45, 7) is 3.54. The number of halogens is 2. The summed E-state index contributed by atoms with van der Waals surface area (Å²) in [5.74, 6) is 0.435. The quantitative estimate of drug-likeness (QED) is 0.401. The summed E-state index contributed by atoms with van der Waals surface area (Å²) in [6.07, 6.45) is 0.929. The third-order valence-corrected chi connectivity index (χ3v) is 6.64. The van der Waals surface area contributed by atoms with Crippen LogP contribution in [0.2, 0.25) is 5.02 Å². The summed E-state index contributed by atoms with van der Waals surface area (Å²) < 4.78 is 1.13. The monoisotopic (exact) mass is 469 g/mol. The highest BCUT2D eigenvalue weighted by Gasteiger charge is 2.20. The van der Waals surface area contributed by atoms with Crippen LogP contribution < -0.4 is 4.90 Å². The first kappa shape index (κ1) is 24.0. The number of para-hydroxylation sites is 1. The third kappa shape index (κ3) is 6.33. The largest absolute Gasteiger partial charge is 0.308 e. The van der Waals surface area contributed by atoms with E-state index in [9.17, 15) is 4.79 Å². The molecule has 3 rings (SSSR count). The fourth-order valence-electron chi connectivity index (χ4n) is 2.78. The molecule has 0 unspecified atom stereocenters. The van der Waals surface area contributed by atoms with Crippen LogP contribution in [0.25, 0.3) is 10.2 Å². The molecule has 0 aliphatic heterocycles. The number of fused-ring (bicyclic) bond motifs is 1. The summed E-state index contributed by atoms with van der Waals surface area (Å²) in [5.41, 5.74) is 2.23.